The van der Waals surface area contributed by atoms with Crippen LogP contribution in [0, 0.1) is 13.8 Å². The van der Waals surface area contributed by atoms with Crippen molar-refractivity contribution in [3.8, 4) is 5.69 Å². The zero-order valence-electron chi connectivity index (χ0n) is 18.9. The fourth-order valence-electron chi connectivity index (χ4n) is 4.56. The second-order valence-electron chi connectivity index (χ2n) is 8.65. The van der Waals surface area contributed by atoms with Crippen molar-refractivity contribution in [2.75, 3.05) is 6.54 Å². The minimum absolute atomic E-state index is 0.0209. The van der Waals surface area contributed by atoms with Gasteiger partial charge >= 0.3 is 5.69 Å². The van der Waals surface area contributed by atoms with Crippen LogP contribution in [0.25, 0.3) is 15.9 Å². The summed E-state index contributed by atoms with van der Waals surface area (Å²) in [7, 11) is 0. The number of benzene rings is 2. The zero-order valence-corrected chi connectivity index (χ0v) is 19.7. The molecule has 0 fully saturated rings. The number of carbonyl (C=O) groups is 1. The van der Waals surface area contributed by atoms with Gasteiger partial charge in [0, 0.05) is 18.3 Å². The number of aromatic nitrogens is 2. The first kappa shape index (κ1) is 21.4. The summed E-state index contributed by atoms with van der Waals surface area (Å²) < 4.78 is 3.02. The van der Waals surface area contributed by atoms with Crippen LogP contribution in [0.2, 0.25) is 0 Å². The molecule has 0 spiro atoms. The largest absolute Gasteiger partial charge is 0.337 e. The summed E-state index contributed by atoms with van der Waals surface area (Å²) in [4.78, 5) is 42.9. The molecule has 0 saturated heterocycles. The molecule has 0 unspecified atom stereocenters. The van der Waals surface area contributed by atoms with Crippen molar-refractivity contribution in [3.63, 3.8) is 0 Å². The highest BCUT2D eigenvalue weighted by atomic mass is 32.1. The van der Waals surface area contributed by atoms with E-state index >= 15 is 0 Å². The van der Waals surface area contributed by atoms with Crippen molar-refractivity contribution < 1.29 is 4.79 Å². The van der Waals surface area contributed by atoms with E-state index < -0.39 is 0 Å². The molecule has 3 heterocycles. The molecule has 7 heteroatoms. The molecule has 2 aromatic carbocycles. The maximum atomic E-state index is 13.8. The van der Waals surface area contributed by atoms with Crippen LogP contribution >= 0.6 is 11.3 Å². The lowest BCUT2D eigenvalue weighted by molar-refractivity contribution is -0.129. The standard InChI is InChI=1S/C26H25N3O3S/c1-16-9-10-17(2)19(13-16)14-28-25-23(21-11-12-27(18(3)30)15-22(21)33-25)24(31)29(26(28)32)20-7-5-4-6-8-20/h4-10,13H,11-12,14-15H2,1-3H3. The van der Waals surface area contributed by atoms with Crippen LogP contribution in [-0.4, -0.2) is 26.5 Å². The van der Waals surface area contributed by atoms with Crippen molar-refractivity contribution in [1.29, 1.82) is 0 Å². The summed E-state index contributed by atoms with van der Waals surface area (Å²) in [5.41, 5.74) is 4.17. The molecule has 2 aromatic heterocycles. The molecule has 0 radical (unpaired) electrons. The maximum absolute atomic E-state index is 13.8. The van der Waals surface area contributed by atoms with E-state index in [-0.39, 0.29) is 17.2 Å². The van der Waals surface area contributed by atoms with Crippen LogP contribution in [0.3, 0.4) is 0 Å². The summed E-state index contributed by atoms with van der Waals surface area (Å²) in [6.45, 7) is 7.07. The van der Waals surface area contributed by atoms with Gasteiger partial charge in [0.05, 0.1) is 24.2 Å². The zero-order chi connectivity index (χ0) is 23.3. The monoisotopic (exact) mass is 459 g/mol. The van der Waals surface area contributed by atoms with Crippen molar-refractivity contribution in [3.05, 3.63) is 96.5 Å². The third-order valence-corrected chi connectivity index (χ3v) is 7.66. The average Bonchev–Trinajstić information content (AvgIpc) is 3.18. The van der Waals surface area contributed by atoms with Gasteiger partial charge in [0.1, 0.15) is 4.83 Å². The number of aryl methyl sites for hydroxylation is 2. The normalized spacial score (nSPS) is 13.4. The average molecular weight is 460 g/mol. The third kappa shape index (κ3) is 3.62. The Morgan fingerprint density at radius 1 is 1.06 bits per heavy atom. The minimum Gasteiger partial charge on any atom is -0.337 e. The van der Waals surface area contributed by atoms with Crippen LogP contribution in [0.1, 0.15) is 34.1 Å². The fraction of sp³-hybridized carbons (Fsp3) is 0.269. The molecule has 5 rings (SSSR count). The second-order valence-corrected chi connectivity index (χ2v) is 9.73. The van der Waals surface area contributed by atoms with Gasteiger partial charge in [-0.25, -0.2) is 9.36 Å². The molecule has 6 nitrogen and oxygen atoms in total. The first-order valence-corrected chi connectivity index (χ1v) is 11.8. The van der Waals surface area contributed by atoms with E-state index in [9.17, 15) is 14.4 Å². The Morgan fingerprint density at radius 3 is 2.55 bits per heavy atom. The molecule has 0 aliphatic carbocycles. The first-order chi connectivity index (χ1) is 15.8. The molecule has 33 heavy (non-hydrogen) atoms. The lowest BCUT2D eigenvalue weighted by atomic mass is 10.0. The van der Waals surface area contributed by atoms with Crippen LogP contribution in [0.15, 0.2) is 58.1 Å². The number of carbonyl (C=O) groups excluding carboxylic acids is 1. The quantitative estimate of drug-likeness (QED) is 0.468. The van der Waals surface area contributed by atoms with Crippen LogP contribution in [0.5, 0.6) is 0 Å². The number of amides is 1. The SMILES string of the molecule is CC(=O)N1CCc2c(sc3c2c(=O)n(-c2ccccc2)c(=O)n3Cc2cc(C)ccc2C)C1. The van der Waals surface area contributed by atoms with Gasteiger partial charge < -0.3 is 4.90 Å². The molecule has 0 atom stereocenters. The molecular formula is C26H25N3O3S. The molecule has 4 aromatic rings. The highest BCUT2D eigenvalue weighted by Gasteiger charge is 2.27. The highest BCUT2D eigenvalue weighted by Crippen LogP contribution is 2.33. The minimum atomic E-state index is -0.346. The predicted octanol–water partition coefficient (Wildman–Crippen LogP) is 3.78. The molecule has 1 aliphatic rings. The van der Waals surface area contributed by atoms with Crippen molar-refractivity contribution in [2.24, 2.45) is 0 Å². The van der Waals surface area contributed by atoms with Gasteiger partial charge in [0.25, 0.3) is 5.56 Å². The van der Waals surface area contributed by atoms with Crippen molar-refractivity contribution >= 4 is 27.5 Å². The van der Waals surface area contributed by atoms with Crippen LogP contribution in [0.4, 0.5) is 0 Å². The number of hydrogen-bond acceptors (Lipinski definition) is 4. The summed E-state index contributed by atoms with van der Waals surface area (Å²) >= 11 is 1.46. The summed E-state index contributed by atoms with van der Waals surface area (Å²) in [5, 5.41) is 0.604. The number of thiophene rings is 1. The van der Waals surface area contributed by atoms with Crippen LogP contribution < -0.4 is 11.2 Å². The Morgan fingerprint density at radius 2 is 1.82 bits per heavy atom. The molecule has 168 valence electrons. The van der Waals surface area contributed by atoms with E-state index in [0.29, 0.717) is 42.0 Å². The van der Waals surface area contributed by atoms with E-state index in [1.807, 2.05) is 32.0 Å². The number of para-hydroxylation sites is 1. The van der Waals surface area contributed by atoms with E-state index in [1.54, 1.807) is 28.5 Å². The molecular weight excluding hydrogens is 434 g/mol. The Bertz CT molecular complexity index is 1510. The number of nitrogens with zero attached hydrogens (tertiary/aromatic N) is 3. The Balaban J connectivity index is 1.81. The van der Waals surface area contributed by atoms with E-state index in [2.05, 4.69) is 18.2 Å². The molecule has 1 aliphatic heterocycles. The van der Waals surface area contributed by atoms with Gasteiger partial charge in [-0.2, -0.15) is 0 Å². The third-order valence-electron chi connectivity index (χ3n) is 6.42. The van der Waals surface area contributed by atoms with Gasteiger partial charge in [-0.15, -0.1) is 11.3 Å². The van der Waals surface area contributed by atoms with Gasteiger partial charge in [0.2, 0.25) is 5.91 Å². The summed E-state index contributed by atoms with van der Waals surface area (Å²) in [5.74, 6) is 0.0209. The number of fused-ring (bicyclic) bond motifs is 3. The molecule has 1 amide bonds. The molecule has 0 N–H and O–H groups in total. The van der Waals surface area contributed by atoms with Crippen LogP contribution in [-0.2, 0) is 24.3 Å². The van der Waals surface area contributed by atoms with Gasteiger partial charge in [-0.1, -0.05) is 42.0 Å². The first-order valence-electron chi connectivity index (χ1n) is 11.0. The summed E-state index contributed by atoms with van der Waals surface area (Å²) in [6.07, 6.45) is 0.612. The highest BCUT2D eigenvalue weighted by molar-refractivity contribution is 7.18. The lowest BCUT2D eigenvalue weighted by Crippen LogP contribution is -2.39. The smallest absolute Gasteiger partial charge is 0.337 e. The summed E-state index contributed by atoms with van der Waals surface area (Å²) in [6, 6.07) is 15.3. The van der Waals surface area contributed by atoms with E-state index in [0.717, 1.165) is 27.1 Å². The Labute approximate surface area is 195 Å². The fourth-order valence-corrected chi connectivity index (χ4v) is 5.91. The van der Waals surface area contributed by atoms with E-state index in [4.69, 9.17) is 0 Å². The molecule has 0 saturated carbocycles. The van der Waals surface area contributed by atoms with Gasteiger partial charge in [0.15, 0.2) is 0 Å². The Hall–Kier alpha value is -3.45. The van der Waals surface area contributed by atoms with Crippen molar-refractivity contribution in [2.45, 2.75) is 40.3 Å². The lowest BCUT2D eigenvalue weighted by Gasteiger charge is -2.25. The van der Waals surface area contributed by atoms with Gasteiger partial charge in [-0.3, -0.25) is 14.2 Å². The molecule has 0 bridgehead atoms. The van der Waals surface area contributed by atoms with E-state index in [1.165, 1.54) is 15.9 Å². The second kappa shape index (κ2) is 8.15. The number of rotatable bonds is 3. The topological polar surface area (TPSA) is 64.3 Å². The van der Waals surface area contributed by atoms with Gasteiger partial charge in [-0.05, 0) is 49.1 Å². The maximum Gasteiger partial charge on any atom is 0.337 e. The Kier molecular flexibility index (Phi) is 5.29. The predicted molar refractivity (Wildman–Crippen MR) is 131 cm³/mol. The number of hydrogen-bond donors (Lipinski definition) is 0. The van der Waals surface area contributed by atoms with Crippen molar-refractivity contribution in [1.82, 2.24) is 14.0 Å².